The second-order valence-electron chi connectivity index (χ2n) is 5.93. The maximum atomic E-state index is 13.8. The second-order valence-corrected chi connectivity index (χ2v) is 9.26. The Labute approximate surface area is 174 Å². The van der Waals surface area contributed by atoms with E-state index in [1.54, 1.807) is 0 Å². The van der Waals surface area contributed by atoms with Crippen molar-refractivity contribution >= 4 is 44.0 Å². The minimum Gasteiger partial charge on any atom is -0.301 e. The summed E-state index contributed by atoms with van der Waals surface area (Å²) in [5.74, 6) is -1.90. The van der Waals surface area contributed by atoms with Crippen molar-refractivity contribution in [2.45, 2.75) is 4.90 Å². The largest absolute Gasteiger partial charge is 0.301 e. The molecular formula is C18H14ClF2N3O3S2. The van der Waals surface area contributed by atoms with Gasteiger partial charge in [-0.2, -0.15) is 4.31 Å². The van der Waals surface area contributed by atoms with Crippen LogP contribution in [-0.2, 0) is 14.8 Å². The zero-order valence-electron chi connectivity index (χ0n) is 14.9. The molecule has 0 aliphatic carbocycles. The van der Waals surface area contributed by atoms with Gasteiger partial charge in [-0.05, 0) is 42.5 Å². The molecule has 11 heteroatoms. The third kappa shape index (κ3) is 4.96. The maximum absolute atomic E-state index is 13.8. The molecule has 0 saturated carbocycles. The molecule has 0 spiro atoms. The number of nitrogens with zero attached hydrogens (tertiary/aromatic N) is 2. The standard InChI is InChI=1S/C18H14ClF2N3O3S2/c1-24(29(26,27)13-5-2-11(19)3-6-13)9-17(25)23-18-22-16(10-28-18)14-8-12(20)4-7-15(14)21/h2-8,10H,9H2,1H3,(H,22,23,25). The van der Waals surface area contributed by atoms with Crippen LogP contribution in [-0.4, -0.2) is 37.2 Å². The predicted molar refractivity (Wildman–Crippen MR) is 107 cm³/mol. The van der Waals surface area contributed by atoms with Crippen LogP contribution in [0, 0.1) is 11.6 Å². The Hall–Kier alpha value is -2.40. The number of halogens is 3. The fourth-order valence-corrected chi connectivity index (χ4v) is 4.36. The first kappa shape index (κ1) is 21.3. The van der Waals surface area contributed by atoms with E-state index >= 15 is 0 Å². The highest BCUT2D eigenvalue weighted by Crippen LogP contribution is 2.27. The fourth-order valence-electron chi connectivity index (χ4n) is 2.38. The molecule has 0 aliphatic heterocycles. The van der Waals surface area contributed by atoms with Crippen molar-refractivity contribution < 1.29 is 22.0 Å². The van der Waals surface area contributed by atoms with E-state index in [2.05, 4.69) is 10.3 Å². The summed E-state index contributed by atoms with van der Waals surface area (Å²) in [5.41, 5.74) is 0.119. The molecule has 29 heavy (non-hydrogen) atoms. The van der Waals surface area contributed by atoms with Gasteiger partial charge in [-0.3, -0.25) is 4.79 Å². The molecule has 2 aromatic carbocycles. The Morgan fingerprint density at radius 1 is 1.21 bits per heavy atom. The molecule has 0 unspecified atom stereocenters. The number of anilines is 1. The normalized spacial score (nSPS) is 11.6. The molecular weight excluding hydrogens is 444 g/mol. The molecule has 1 amide bonds. The minimum atomic E-state index is -3.89. The molecule has 0 aliphatic rings. The van der Waals surface area contributed by atoms with Gasteiger partial charge in [0.25, 0.3) is 0 Å². The molecule has 0 fully saturated rings. The number of thiazole rings is 1. The number of hydrogen-bond donors (Lipinski definition) is 1. The molecule has 3 aromatic rings. The Kier molecular flexibility index (Phi) is 6.27. The number of rotatable bonds is 6. The summed E-state index contributed by atoms with van der Waals surface area (Å²) in [6.07, 6.45) is 0. The predicted octanol–water partition coefficient (Wildman–Crippen LogP) is 4.00. The van der Waals surface area contributed by atoms with Crippen LogP contribution < -0.4 is 5.32 Å². The van der Waals surface area contributed by atoms with Gasteiger partial charge < -0.3 is 5.32 Å². The summed E-state index contributed by atoms with van der Waals surface area (Å²) in [5, 5.41) is 4.43. The van der Waals surface area contributed by atoms with Crippen LogP contribution in [0.2, 0.25) is 5.02 Å². The van der Waals surface area contributed by atoms with E-state index < -0.39 is 34.1 Å². The van der Waals surface area contributed by atoms with Gasteiger partial charge in [0, 0.05) is 23.0 Å². The molecule has 6 nitrogen and oxygen atoms in total. The molecule has 1 aromatic heterocycles. The first-order valence-corrected chi connectivity index (χ1v) is 10.8. The lowest BCUT2D eigenvalue weighted by Gasteiger charge is -2.16. The van der Waals surface area contributed by atoms with Gasteiger partial charge >= 0.3 is 0 Å². The lowest BCUT2D eigenvalue weighted by atomic mass is 10.1. The van der Waals surface area contributed by atoms with E-state index in [0.717, 1.165) is 33.8 Å². The SMILES string of the molecule is CN(CC(=O)Nc1nc(-c2cc(F)ccc2F)cs1)S(=O)(=O)c1ccc(Cl)cc1. The number of carbonyl (C=O) groups is 1. The Morgan fingerprint density at radius 3 is 2.59 bits per heavy atom. The molecule has 0 saturated heterocycles. The maximum Gasteiger partial charge on any atom is 0.243 e. The Bertz CT molecular complexity index is 1150. The first-order valence-electron chi connectivity index (χ1n) is 8.09. The molecule has 0 atom stereocenters. The summed E-state index contributed by atoms with van der Waals surface area (Å²) >= 11 is 6.76. The van der Waals surface area contributed by atoms with Crippen LogP contribution in [0.15, 0.2) is 52.7 Å². The summed E-state index contributed by atoms with van der Waals surface area (Å²) in [4.78, 5) is 16.3. The zero-order valence-corrected chi connectivity index (χ0v) is 17.3. The smallest absolute Gasteiger partial charge is 0.243 e. The summed E-state index contributed by atoms with van der Waals surface area (Å²) < 4.78 is 53.1. The van der Waals surface area contributed by atoms with Crippen molar-refractivity contribution in [1.82, 2.24) is 9.29 Å². The van der Waals surface area contributed by atoms with E-state index in [0.29, 0.717) is 5.02 Å². The van der Waals surface area contributed by atoms with Gasteiger partial charge in [0.05, 0.1) is 17.1 Å². The lowest BCUT2D eigenvalue weighted by Crippen LogP contribution is -2.34. The third-order valence-corrected chi connectivity index (χ3v) is 6.67. The average molecular weight is 458 g/mol. The van der Waals surface area contributed by atoms with Gasteiger partial charge in [-0.1, -0.05) is 11.6 Å². The van der Waals surface area contributed by atoms with E-state index in [9.17, 15) is 22.0 Å². The van der Waals surface area contributed by atoms with Crippen LogP contribution in [0.25, 0.3) is 11.3 Å². The fraction of sp³-hybridized carbons (Fsp3) is 0.111. The highest BCUT2D eigenvalue weighted by atomic mass is 35.5. The van der Waals surface area contributed by atoms with Crippen molar-refractivity contribution in [3.63, 3.8) is 0 Å². The van der Waals surface area contributed by atoms with Crippen LogP contribution in [0.4, 0.5) is 13.9 Å². The lowest BCUT2D eigenvalue weighted by molar-refractivity contribution is -0.116. The van der Waals surface area contributed by atoms with E-state index in [-0.39, 0.29) is 21.3 Å². The quantitative estimate of drug-likeness (QED) is 0.606. The van der Waals surface area contributed by atoms with E-state index in [4.69, 9.17) is 11.6 Å². The number of likely N-dealkylation sites (N-methyl/N-ethyl adjacent to an activating group) is 1. The van der Waals surface area contributed by atoms with E-state index in [1.807, 2.05) is 0 Å². The number of sulfonamides is 1. The highest BCUT2D eigenvalue weighted by molar-refractivity contribution is 7.89. The molecule has 3 rings (SSSR count). The van der Waals surface area contributed by atoms with Crippen molar-refractivity contribution in [3.8, 4) is 11.3 Å². The zero-order chi connectivity index (χ0) is 21.2. The minimum absolute atomic E-state index is 0.00434. The molecule has 0 bridgehead atoms. The summed E-state index contributed by atoms with van der Waals surface area (Å²) in [6.45, 7) is -0.464. The monoisotopic (exact) mass is 457 g/mol. The van der Waals surface area contributed by atoms with Gasteiger partial charge in [0.2, 0.25) is 15.9 Å². The van der Waals surface area contributed by atoms with Gasteiger partial charge in [-0.25, -0.2) is 22.2 Å². The Balaban J connectivity index is 1.69. The van der Waals surface area contributed by atoms with Gasteiger partial charge in [-0.15, -0.1) is 11.3 Å². The van der Waals surface area contributed by atoms with E-state index in [1.165, 1.54) is 36.7 Å². The number of hydrogen-bond acceptors (Lipinski definition) is 5. The van der Waals surface area contributed by atoms with Crippen molar-refractivity contribution in [3.05, 3.63) is 64.5 Å². The van der Waals surface area contributed by atoms with Crippen LogP contribution >= 0.6 is 22.9 Å². The van der Waals surface area contributed by atoms with Crippen molar-refractivity contribution in [2.24, 2.45) is 0 Å². The van der Waals surface area contributed by atoms with Gasteiger partial charge in [0.1, 0.15) is 11.6 Å². The molecule has 0 radical (unpaired) electrons. The number of benzene rings is 2. The number of aromatic nitrogens is 1. The highest BCUT2D eigenvalue weighted by Gasteiger charge is 2.23. The van der Waals surface area contributed by atoms with Gasteiger partial charge in [0.15, 0.2) is 5.13 Å². The number of carbonyl (C=O) groups excluding carboxylic acids is 1. The molecule has 1 N–H and O–H groups in total. The van der Waals surface area contributed by atoms with Crippen LogP contribution in [0.1, 0.15) is 0 Å². The third-order valence-electron chi connectivity index (χ3n) is 3.84. The molecule has 152 valence electrons. The average Bonchev–Trinajstić information content (AvgIpc) is 3.12. The second kappa shape index (κ2) is 8.54. The van der Waals surface area contributed by atoms with Crippen molar-refractivity contribution in [1.29, 1.82) is 0 Å². The topological polar surface area (TPSA) is 79.4 Å². The molecule has 1 heterocycles. The first-order chi connectivity index (χ1) is 13.7. The summed E-state index contributed by atoms with van der Waals surface area (Å²) in [7, 11) is -2.62. The van der Waals surface area contributed by atoms with Crippen LogP contribution in [0.5, 0.6) is 0 Å². The van der Waals surface area contributed by atoms with Crippen molar-refractivity contribution in [2.75, 3.05) is 18.9 Å². The number of nitrogens with one attached hydrogen (secondary N) is 1. The van der Waals surface area contributed by atoms with Crippen LogP contribution in [0.3, 0.4) is 0 Å². The summed E-state index contributed by atoms with van der Waals surface area (Å²) in [6, 6.07) is 8.53. The Morgan fingerprint density at radius 2 is 1.90 bits per heavy atom. The number of amides is 1.